The number of carbonyl (C=O) groups excluding carboxylic acids is 1. The molecule has 0 N–H and O–H groups in total. The van der Waals surface area contributed by atoms with Gasteiger partial charge in [0.25, 0.3) is 0 Å². The summed E-state index contributed by atoms with van der Waals surface area (Å²) in [5.74, 6) is 1.97. The van der Waals surface area contributed by atoms with Crippen LogP contribution in [0.15, 0.2) is 0 Å². The molecule has 2 rings (SSSR count). The maximum atomic E-state index is 11.5. The van der Waals surface area contributed by atoms with Crippen LogP contribution in [0.1, 0.15) is 73.1 Å². The van der Waals surface area contributed by atoms with Crippen LogP contribution in [0.25, 0.3) is 0 Å². The van der Waals surface area contributed by atoms with Crippen LogP contribution in [0, 0.1) is 23.2 Å². The summed E-state index contributed by atoms with van der Waals surface area (Å²) in [4.78, 5) is 11.5. The number of carbonyl (C=O) groups is 1. The van der Waals surface area contributed by atoms with Gasteiger partial charge in [0.15, 0.2) is 0 Å². The Kier molecular flexibility index (Phi) is 3.99. The highest BCUT2D eigenvalue weighted by atomic mass is 16.6. The van der Waals surface area contributed by atoms with E-state index >= 15 is 0 Å². The van der Waals surface area contributed by atoms with E-state index in [2.05, 4.69) is 27.7 Å². The number of ether oxygens (including phenoxy) is 1. The fourth-order valence-electron chi connectivity index (χ4n) is 4.75. The lowest BCUT2D eigenvalue weighted by molar-refractivity contribution is -0.183. The van der Waals surface area contributed by atoms with Crippen molar-refractivity contribution in [1.29, 1.82) is 0 Å². The topological polar surface area (TPSA) is 26.3 Å². The van der Waals surface area contributed by atoms with Gasteiger partial charge in [-0.2, -0.15) is 0 Å². The van der Waals surface area contributed by atoms with Crippen LogP contribution in [0.2, 0.25) is 0 Å². The van der Waals surface area contributed by atoms with E-state index in [1.165, 1.54) is 32.1 Å². The van der Waals surface area contributed by atoms with Crippen LogP contribution in [0.3, 0.4) is 0 Å². The van der Waals surface area contributed by atoms with Gasteiger partial charge in [0.05, 0.1) is 0 Å². The van der Waals surface area contributed by atoms with Gasteiger partial charge in [-0.25, -0.2) is 0 Å². The van der Waals surface area contributed by atoms with E-state index in [0.717, 1.165) is 18.3 Å². The van der Waals surface area contributed by atoms with Crippen LogP contribution in [-0.2, 0) is 9.53 Å². The molecule has 0 heterocycles. The van der Waals surface area contributed by atoms with E-state index in [9.17, 15) is 4.79 Å². The monoisotopic (exact) mass is 266 g/mol. The van der Waals surface area contributed by atoms with Crippen molar-refractivity contribution in [3.8, 4) is 0 Å². The maximum Gasteiger partial charge on any atom is 0.303 e. The van der Waals surface area contributed by atoms with Crippen LogP contribution >= 0.6 is 0 Å². The maximum absolute atomic E-state index is 11.5. The van der Waals surface area contributed by atoms with Crippen LogP contribution in [0.4, 0.5) is 0 Å². The zero-order valence-electron chi connectivity index (χ0n) is 13.3. The zero-order chi connectivity index (χ0) is 14.3. The standard InChI is InChI=1S/C17H30O2/c1-12(2)14-7-10-16(4)8-6-9-17(5,15(16)11-14)19-13(3)18/h12,14-15H,6-11H2,1-5H3/t14-,15+,16-,17-/m1/s1. The molecule has 2 aliphatic carbocycles. The Morgan fingerprint density at radius 1 is 1.21 bits per heavy atom. The lowest BCUT2D eigenvalue weighted by Gasteiger charge is -2.55. The quantitative estimate of drug-likeness (QED) is 0.684. The summed E-state index contributed by atoms with van der Waals surface area (Å²) >= 11 is 0. The van der Waals surface area contributed by atoms with E-state index in [1.807, 2.05) is 0 Å². The molecule has 0 spiro atoms. The van der Waals surface area contributed by atoms with E-state index in [0.29, 0.717) is 11.3 Å². The fraction of sp³-hybridized carbons (Fsp3) is 0.941. The predicted molar refractivity (Wildman–Crippen MR) is 77.8 cm³/mol. The molecule has 2 heteroatoms. The molecule has 2 nitrogen and oxygen atoms in total. The van der Waals surface area contributed by atoms with Gasteiger partial charge in [0, 0.05) is 12.8 Å². The van der Waals surface area contributed by atoms with Gasteiger partial charge >= 0.3 is 5.97 Å². The fourth-order valence-corrected chi connectivity index (χ4v) is 4.75. The third-order valence-electron chi connectivity index (χ3n) is 5.94. The summed E-state index contributed by atoms with van der Waals surface area (Å²) in [6.45, 7) is 10.8. The van der Waals surface area contributed by atoms with Crippen molar-refractivity contribution in [2.45, 2.75) is 78.7 Å². The summed E-state index contributed by atoms with van der Waals surface area (Å²) in [5.41, 5.74) is 0.153. The molecule has 0 aromatic rings. The number of rotatable bonds is 2. The Labute approximate surface area is 118 Å². The number of esters is 1. The molecule has 4 atom stereocenters. The summed E-state index contributed by atoms with van der Waals surface area (Å²) in [7, 11) is 0. The van der Waals surface area contributed by atoms with E-state index in [-0.39, 0.29) is 11.6 Å². The highest BCUT2D eigenvalue weighted by Gasteiger charge is 2.53. The molecular weight excluding hydrogens is 236 g/mol. The summed E-state index contributed by atoms with van der Waals surface area (Å²) in [6, 6.07) is 0. The van der Waals surface area contributed by atoms with Gasteiger partial charge < -0.3 is 4.74 Å². The van der Waals surface area contributed by atoms with Crippen LogP contribution in [0.5, 0.6) is 0 Å². The summed E-state index contributed by atoms with van der Waals surface area (Å²) in [6.07, 6.45) is 7.43. The van der Waals surface area contributed by atoms with Gasteiger partial charge in [-0.3, -0.25) is 4.79 Å². The van der Waals surface area contributed by atoms with Crippen molar-refractivity contribution >= 4 is 5.97 Å². The molecule has 0 saturated heterocycles. The van der Waals surface area contributed by atoms with Gasteiger partial charge in [-0.05, 0) is 62.7 Å². The lowest BCUT2D eigenvalue weighted by atomic mass is 9.52. The van der Waals surface area contributed by atoms with Crippen molar-refractivity contribution in [3.05, 3.63) is 0 Å². The number of hydrogen-bond acceptors (Lipinski definition) is 2. The van der Waals surface area contributed by atoms with Gasteiger partial charge in [-0.15, -0.1) is 0 Å². The third kappa shape index (κ3) is 2.83. The predicted octanol–water partition coefficient (Wildman–Crippen LogP) is 4.57. The van der Waals surface area contributed by atoms with E-state index in [4.69, 9.17) is 4.74 Å². The molecule has 0 aromatic heterocycles. The smallest absolute Gasteiger partial charge is 0.303 e. The molecule has 2 fully saturated rings. The van der Waals surface area contributed by atoms with Crippen molar-refractivity contribution in [3.63, 3.8) is 0 Å². The molecule has 0 unspecified atom stereocenters. The normalized spacial score (nSPS) is 42.8. The largest absolute Gasteiger partial charge is 0.459 e. The summed E-state index contributed by atoms with van der Waals surface area (Å²) < 4.78 is 5.80. The molecule has 0 bridgehead atoms. The van der Waals surface area contributed by atoms with Crippen molar-refractivity contribution in [2.75, 3.05) is 0 Å². The highest BCUT2D eigenvalue weighted by Crippen LogP contribution is 2.57. The second kappa shape index (κ2) is 5.10. The minimum Gasteiger partial charge on any atom is -0.459 e. The molecule has 2 aliphatic rings. The molecule has 0 radical (unpaired) electrons. The zero-order valence-corrected chi connectivity index (χ0v) is 13.3. The Balaban J connectivity index is 2.23. The molecular formula is C17H30O2. The number of fused-ring (bicyclic) bond motifs is 1. The first-order valence-electron chi connectivity index (χ1n) is 7.96. The third-order valence-corrected chi connectivity index (χ3v) is 5.94. The Hall–Kier alpha value is -0.530. The van der Waals surface area contributed by atoms with Crippen molar-refractivity contribution in [2.24, 2.45) is 23.2 Å². The molecule has 0 amide bonds. The van der Waals surface area contributed by atoms with Gasteiger partial charge in [-0.1, -0.05) is 20.8 Å². The lowest BCUT2D eigenvalue weighted by Crippen LogP contribution is -2.53. The first kappa shape index (κ1) is 14.9. The van der Waals surface area contributed by atoms with Crippen molar-refractivity contribution < 1.29 is 9.53 Å². The SMILES string of the molecule is CC(=O)O[C@]1(C)CCC[C@]2(C)CC[C@@H](C(C)C)C[C@@H]21. The molecule has 0 aromatic carbocycles. The highest BCUT2D eigenvalue weighted by molar-refractivity contribution is 5.66. The van der Waals surface area contributed by atoms with E-state index in [1.54, 1.807) is 6.92 Å². The summed E-state index contributed by atoms with van der Waals surface area (Å²) in [5, 5.41) is 0. The van der Waals surface area contributed by atoms with Crippen LogP contribution in [-0.4, -0.2) is 11.6 Å². The number of hydrogen-bond donors (Lipinski definition) is 0. The second-order valence-electron chi connectivity index (χ2n) is 7.74. The molecule has 19 heavy (non-hydrogen) atoms. The average molecular weight is 266 g/mol. The molecule has 0 aliphatic heterocycles. The molecule has 110 valence electrons. The Morgan fingerprint density at radius 3 is 2.47 bits per heavy atom. The second-order valence-corrected chi connectivity index (χ2v) is 7.74. The Morgan fingerprint density at radius 2 is 1.89 bits per heavy atom. The molecule has 2 saturated carbocycles. The average Bonchev–Trinajstić information content (AvgIpc) is 2.26. The first-order chi connectivity index (χ1) is 8.77. The first-order valence-corrected chi connectivity index (χ1v) is 7.96. The van der Waals surface area contributed by atoms with Crippen LogP contribution < -0.4 is 0 Å². The minimum atomic E-state index is -0.230. The Bertz CT molecular complexity index is 349. The van der Waals surface area contributed by atoms with E-state index < -0.39 is 0 Å². The van der Waals surface area contributed by atoms with Gasteiger partial charge in [0.2, 0.25) is 0 Å². The minimum absolute atomic E-state index is 0.113. The van der Waals surface area contributed by atoms with Crippen molar-refractivity contribution in [1.82, 2.24) is 0 Å². The van der Waals surface area contributed by atoms with Gasteiger partial charge in [0.1, 0.15) is 5.60 Å².